The first-order valence-corrected chi connectivity index (χ1v) is 9.01. The fourth-order valence-electron chi connectivity index (χ4n) is 3.05. The van der Waals surface area contributed by atoms with E-state index < -0.39 is 23.6 Å². The van der Waals surface area contributed by atoms with Crippen molar-refractivity contribution in [3.8, 4) is 11.5 Å². The number of anilines is 1. The second kappa shape index (κ2) is 8.44. The average Bonchev–Trinajstić information content (AvgIpc) is 2.69. The third kappa shape index (κ3) is 4.29. The third-order valence-electron chi connectivity index (χ3n) is 4.43. The number of thiocarbonyl (C=S) groups is 1. The normalized spacial score (nSPS) is 16.0. The second-order valence-electron chi connectivity index (χ2n) is 6.27. The molecule has 0 radical (unpaired) electrons. The van der Waals surface area contributed by atoms with Crippen molar-refractivity contribution in [1.29, 1.82) is 0 Å². The molecular weight excluding hydrogens is 400 g/mol. The summed E-state index contributed by atoms with van der Waals surface area (Å²) in [4.78, 5) is 13.0. The molecule has 3 rings (SSSR count). The molecule has 2 aromatic rings. The van der Waals surface area contributed by atoms with Crippen LogP contribution in [0, 0.1) is 11.6 Å². The van der Waals surface area contributed by atoms with Gasteiger partial charge < -0.3 is 25.4 Å². The topological polar surface area (TPSA) is 71.6 Å². The van der Waals surface area contributed by atoms with Crippen LogP contribution in [0.3, 0.4) is 0 Å². The molecule has 0 fully saturated rings. The van der Waals surface area contributed by atoms with Crippen LogP contribution in [0.1, 0.15) is 18.5 Å². The number of carbonyl (C=O) groups is 1. The maximum absolute atomic E-state index is 13.5. The van der Waals surface area contributed by atoms with Crippen molar-refractivity contribution < 1.29 is 23.0 Å². The van der Waals surface area contributed by atoms with E-state index in [2.05, 4.69) is 16.0 Å². The Balaban J connectivity index is 1.97. The molecule has 6 nitrogen and oxygen atoms in total. The van der Waals surface area contributed by atoms with Gasteiger partial charge in [0.2, 0.25) is 0 Å². The Kier molecular flexibility index (Phi) is 5.97. The van der Waals surface area contributed by atoms with E-state index >= 15 is 0 Å². The Labute approximate surface area is 171 Å². The van der Waals surface area contributed by atoms with Crippen LogP contribution >= 0.6 is 12.2 Å². The molecule has 29 heavy (non-hydrogen) atoms. The predicted molar refractivity (Wildman–Crippen MR) is 109 cm³/mol. The molecule has 0 aliphatic carbocycles. The highest BCUT2D eigenvalue weighted by Gasteiger charge is 2.30. The van der Waals surface area contributed by atoms with Crippen LogP contribution in [0.5, 0.6) is 11.5 Å². The molecule has 0 saturated carbocycles. The van der Waals surface area contributed by atoms with E-state index in [0.29, 0.717) is 33.4 Å². The summed E-state index contributed by atoms with van der Waals surface area (Å²) in [6, 6.07) is 7.81. The van der Waals surface area contributed by atoms with Crippen LogP contribution in [0.4, 0.5) is 14.5 Å². The first kappa shape index (κ1) is 20.5. The molecule has 1 heterocycles. The number of carbonyl (C=O) groups excluding carboxylic acids is 1. The molecule has 2 aromatic carbocycles. The Morgan fingerprint density at radius 1 is 1.07 bits per heavy atom. The SMILES string of the molecule is COc1ccc([C@H]2NC(=S)NC(C)=C2C(=O)Nc2ccc(F)c(F)c2)cc1OC. The van der Waals surface area contributed by atoms with Gasteiger partial charge in [0.15, 0.2) is 28.2 Å². The van der Waals surface area contributed by atoms with E-state index in [1.54, 1.807) is 25.1 Å². The van der Waals surface area contributed by atoms with Crippen molar-refractivity contribution in [2.24, 2.45) is 0 Å². The highest BCUT2D eigenvalue weighted by molar-refractivity contribution is 7.80. The number of rotatable bonds is 5. The summed E-state index contributed by atoms with van der Waals surface area (Å²) < 4.78 is 37.2. The lowest BCUT2D eigenvalue weighted by molar-refractivity contribution is -0.113. The van der Waals surface area contributed by atoms with Crippen molar-refractivity contribution in [3.05, 3.63) is 64.9 Å². The first-order chi connectivity index (χ1) is 13.8. The lowest BCUT2D eigenvalue weighted by atomic mass is 9.94. The van der Waals surface area contributed by atoms with Crippen molar-refractivity contribution in [3.63, 3.8) is 0 Å². The Hall–Kier alpha value is -3.20. The largest absolute Gasteiger partial charge is 0.493 e. The van der Waals surface area contributed by atoms with E-state index in [-0.39, 0.29) is 5.69 Å². The first-order valence-electron chi connectivity index (χ1n) is 8.60. The lowest BCUT2D eigenvalue weighted by Gasteiger charge is -2.30. The average molecular weight is 419 g/mol. The van der Waals surface area contributed by atoms with Gasteiger partial charge in [0.05, 0.1) is 25.8 Å². The highest BCUT2D eigenvalue weighted by Crippen LogP contribution is 2.34. The summed E-state index contributed by atoms with van der Waals surface area (Å²) in [7, 11) is 3.04. The van der Waals surface area contributed by atoms with E-state index in [9.17, 15) is 13.6 Å². The van der Waals surface area contributed by atoms with Crippen LogP contribution < -0.4 is 25.4 Å². The van der Waals surface area contributed by atoms with E-state index in [1.807, 2.05) is 0 Å². The molecule has 1 amide bonds. The van der Waals surface area contributed by atoms with Gasteiger partial charge in [-0.05, 0) is 49.0 Å². The number of halogens is 2. The maximum Gasteiger partial charge on any atom is 0.255 e. The maximum atomic E-state index is 13.5. The number of nitrogens with one attached hydrogen (secondary N) is 3. The number of hydrogen-bond acceptors (Lipinski definition) is 4. The van der Waals surface area contributed by atoms with Gasteiger partial charge in [-0.3, -0.25) is 4.79 Å². The summed E-state index contributed by atoms with van der Waals surface area (Å²) in [5.74, 6) is -1.50. The van der Waals surface area contributed by atoms with Gasteiger partial charge in [0, 0.05) is 17.5 Å². The molecule has 9 heteroatoms. The number of ether oxygens (including phenoxy) is 2. The van der Waals surface area contributed by atoms with Crippen molar-refractivity contribution >= 4 is 28.9 Å². The second-order valence-corrected chi connectivity index (χ2v) is 6.68. The molecule has 3 N–H and O–H groups in total. The molecule has 1 aliphatic rings. The summed E-state index contributed by atoms with van der Waals surface area (Å²) in [6.07, 6.45) is 0. The summed E-state index contributed by atoms with van der Waals surface area (Å²) >= 11 is 5.24. The summed E-state index contributed by atoms with van der Waals surface area (Å²) in [5.41, 5.74) is 1.72. The van der Waals surface area contributed by atoms with Crippen molar-refractivity contribution in [2.45, 2.75) is 13.0 Å². The standard InChI is InChI=1S/C20H19F2N3O3S/c1-10-17(19(26)24-12-5-6-13(21)14(22)9-12)18(25-20(29)23-10)11-4-7-15(27-2)16(8-11)28-3/h4-9,18H,1-3H3,(H,24,26)(H2,23,25,29)/t18-/m1/s1. The van der Waals surface area contributed by atoms with E-state index in [1.165, 1.54) is 20.3 Å². The Bertz CT molecular complexity index is 1010. The van der Waals surface area contributed by atoms with Gasteiger partial charge in [0.25, 0.3) is 5.91 Å². The molecular formula is C20H19F2N3O3S. The number of hydrogen-bond donors (Lipinski definition) is 3. The molecule has 0 bridgehead atoms. The van der Waals surface area contributed by atoms with Gasteiger partial charge in [0.1, 0.15) is 0 Å². The fourth-order valence-corrected chi connectivity index (χ4v) is 3.32. The number of benzene rings is 2. The number of amides is 1. The van der Waals surface area contributed by atoms with Crippen LogP contribution in [-0.4, -0.2) is 25.2 Å². The molecule has 1 atom stereocenters. The Morgan fingerprint density at radius 2 is 1.79 bits per heavy atom. The van der Waals surface area contributed by atoms with Gasteiger partial charge >= 0.3 is 0 Å². The number of allylic oxidation sites excluding steroid dienone is 1. The monoisotopic (exact) mass is 419 g/mol. The molecule has 1 aliphatic heterocycles. The molecule has 0 unspecified atom stereocenters. The highest BCUT2D eigenvalue weighted by atomic mass is 32.1. The minimum absolute atomic E-state index is 0.133. The van der Waals surface area contributed by atoms with Crippen molar-refractivity contribution in [2.75, 3.05) is 19.5 Å². The van der Waals surface area contributed by atoms with Crippen LogP contribution in [0.25, 0.3) is 0 Å². The zero-order valence-corrected chi connectivity index (χ0v) is 16.7. The van der Waals surface area contributed by atoms with Gasteiger partial charge in [-0.1, -0.05) is 6.07 Å². The van der Waals surface area contributed by atoms with Gasteiger partial charge in [-0.2, -0.15) is 0 Å². The van der Waals surface area contributed by atoms with Crippen LogP contribution in [-0.2, 0) is 4.79 Å². The fraction of sp³-hybridized carbons (Fsp3) is 0.200. The number of methoxy groups -OCH3 is 2. The van der Waals surface area contributed by atoms with Crippen LogP contribution in [0.15, 0.2) is 47.7 Å². The molecule has 0 saturated heterocycles. The summed E-state index contributed by atoms with van der Waals surface area (Å²) in [6.45, 7) is 1.71. The quantitative estimate of drug-likeness (QED) is 0.646. The van der Waals surface area contributed by atoms with Crippen LogP contribution in [0.2, 0.25) is 0 Å². The molecule has 152 valence electrons. The minimum Gasteiger partial charge on any atom is -0.493 e. The minimum atomic E-state index is -1.05. The smallest absolute Gasteiger partial charge is 0.255 e. The van der Waals surface area contributed by atoms with E-state index in [0.717, 1.165) is 12.1 Å². The third-order valence-corrected chi connectivity index (χ3v) is 4.65. The van der Waals surface area contributed by atoms with Gasteiger partial charge in [-0.15, -0.1) is 0 Å². The molecule has 0 spiro atoms. The zero-order valence-electron chi connectivity index (χ0n) is 15.9. The zero-order chi connectivity index (χ0) is 21.1. The van der Waals surface area contributed by atoms with Crippen molar-refractivity contribution in [1.82, 2.24) is 10.6 Å². The lowest BCUT2D eigenvalue weighted by Crippen LogP contribution is -2.45. The van der Waals surface area contributed by atoms with E-state index in [4.69, 9.17) is 21.7 Å². The molecule has 0 aromatic heterocycles. The Morgan fingerprint density at radius 3 is 2.45 bits per heavy atom. The summed E-state index contributed by atoms with van der Waals surface area (Å²) in [5, 5.41) is 8.92. The predicted octanol–water partition coefficient (Wildman–Crippen LogP) is 3.41. The van der Waals surface area contributed by atoms with Gasteiger partial charge in [-0.25, -0.2) is 8.78 Å².